The van der Waals surface area contributed by atoms with Gasteiger partial charge in [0.2, 0.25) is 11.8 Å². The van der Waals surface area contributed by atoms with E-state index in [1.165, 1.54) is 0 Å². The first-order valence-electron chi connectivity index (χ1n) is 8.35. The van der Waals surface area contributed by atoms with Crippen molar-refractivity contribution in [1.82, 2.24) is 9.80 Å². The zero-order chi connectivity index (χ0) is 15.4. The molecular weight excluding hydrogens is 268 g/mol. The molecule has 1 atom stereocenters. The van der Waals surface area contributed by atoms with Gasteiger partial charge in [-0.2, -0.15) is 0 Å². The first-order chi connectivity index (χ1) is 10.1. The summed E-state index contributed by atoms with van der Waals surface area (Å²) in [6.07, 6.45) is 5.38. The highest BCUT2D eigenvalue weighted by Crippen LogP contribution is 2.34. The topological polar surface area (TPSA) is 60.9 Å². The summed E-state index contributed by atoms with van der Waals surface area (Å²) >= 11 is 0. The average Bonchev–Trinajstić information content (AvgIpc) is 3.23. The van der Waals surface area contributed by atoms with E-state index in [2.05, 4.69) is 13.8 Å². The Morgan fingerprint density at radius 3 is 2.43 bits per heavy atom. The number of carbonyl (C=O) groups is 2. The Morgan fingerprint density at radius 2 is 1.90 bits per heavy atom. The number of amides is 2. The van der Waals surface area contributed by atoms with Crippen molar-refractivity contribution >= 4 is 11.8 Å². The molecule has 0 aromatic carbocycles. The molecule has 120 valence electrons. The van der Waals surface area contributed by atoms with Crippen molar-refractivity contribution in [2.45, 2.75) is 64.5 Å². The predicted octanol–water partition coefficient (Wildman–Crippen LogP) is 1.40. The number of likely N-dealkylation sites (tertiary alicyclic amines) is 1. The maximum absolute atomic E-state index is 12.9. The number of hydrogen-bond acceptors (Lipinski definition) is 3. The molecule has 1 saturated carbocycles. The van der Waals surface area contributed by atoms with Crippen molar-refractivity contribution in [3.05, 3.63) is 0 Å². The molecule has 5 heteroatoms. The second kappa shape index (κ2) is 7.25. The zero-order valence-corrected chi connectivity index (χ0v) is 13.3. The third-order valence-electron chi connectivity index (χ3n) is 4.75. The Kier molecular flexibility index (Phi) is 5.62. The Hall–Kier alpha value is -1.10. The minimum atomic E-state index is -0.301. The van der Waals surface area contributed by atoms with Crippen LogP contribution in [0.5, 0.6) is 0 Å². The van der Waals surface area contributed by atoms with Gasteiger partial charge in [0.25, 0.3) is 0 Å². The second-order valence-corrected chi connectivity index (χ2v) is 6.19. The lowest BCUT2D eigenvalue weighted by Crippen LogP contribution is -2.52. The molecule has 21 heavy (non-hydrogen) atoms. The minimum Gasteiger partial charge on any atom is -0.395 e. The Bertz CT molecular complexity index is 378. The normalized spacial score (nSPS) is 21.9. The van der Waals surface area contributed by atoms with Crippen LogP contribution in [0.15, 0.2) is 0 Å². The predicted molar refractivity (Wildman–Crippen MR) is 80.6 cm³/mol. The van der Waals surface area contributed by atoms with Gasteiger partial charge in [0.15, 0.2) is 0 Å². The van der Waals surface area contributed by atoms with Crippen molar-refractivity contribution in [1.29, 1.82) is 0 Å². The van der Waals surface area contributed by atoms with Crippen LogP contribution in [0.25, 0.3) is 0 Å². The van der Waals surface area contributed by atoms with E-state index in [1.807, 2.05) is 0 Å². The summed E-state index contributed by atoms with van der Waals surface area (Å²) in [5.74, 6) is 0.362. The van der Waals surface area contributed by atoms with Crippen molar-refractivity contribution in [2.24, 2.45) is 5.92 Å². The van der Waals surface area contributed by atoms with Gasteiger partial charge < -0.3 is 14.9 Å². The molecule has 2 aliphatic rings. The maximum Gasteiger partial charge on any atom is 0.245 e. The van der Waals surface area contributed by atoms with Crippen LogP contribution >= 0.6 is 0 Å². The highest BCUT2D eigenvalue weighted by Gasteiger charge is 2.42. The number of aliphatic hydroxyl groups excluding tert-OH is 1. The van der Waals surface area contributed by atoms with Crippen molar-refractivity contribution in [3.63, 3.8) is 0 Å². The molecule has 1 N–H and O–H groups in total. The van der Waals surface area contributed by atoms with Gasteiger partial charge in [-0.3, -0.25) is 9.59 Å². The average molecular weight is 296 g/mol. The quantitative estimate of drug-likeness (QED) is 0.772. The van der Waals surface area contributed by atoms with Crippen LogP contribution in [0.2, 0.25) is 0 Å². The van der Waals surface area contributed by atoms with Crippen LogP contribution in [0.4, 0.5) is 0 Å². The Labute approximate surface area is 127 Å². The summed E-state index contributed by atoms with van der Waals surface area (Å²) in [6, 6.07) is -0.145. The van der Waals surface area contributed by atoms with Crippen LogP contribution in [0.3, 0.4) is 0 Å². The number of hydrogen-bond donors (Lipinski definition) is 1. The van der Waals surface area contributed by atoms with Gasteiger partial charge in [-0.05, 0) is 38.5 Å². The van der Waals surface area contributed by atoms with Gasteiger partial charge in [-0.15, -0.1) is 0 Å². The Morgan fingerprint density at radius 1 is 1.24 bits per heavy atom. The summed E-state index contributed by atoms with van der Waals surface area (Å²) in [5.41, 5.74) is 0. The van der Waals surface area contributed by atoms with E-state index in [0.29, 0.717) is 13.1 Å². The van der Waals surface area contributed by atoms with E-state index >= 15 is 0 Å². The highest BCUT2D eigenvalue weighted by atomic mass is 16.3. The molecular formula is C16H28N2O3. The summed E-state index contributed by atoms with van der Waals surface area (Å²) in [4.78, 5) is 28.8. The molecule has 1 saturated heterocycles. The Balaban J connectivity index is 2.08. The molecule has 2 rings (SSSR count). The largest absolute Gasteiger partial charge is 0.395 e. The summed E-state index contributed by atoms with van der Waals surface area (Å²) in [7, 11) is 0. The van der Waals surface area contributed by atoms with Crippen LogP contribution in [-0.2, 0) is 9.59 Å². The minimum absolute atomic E-state index is 0.0223. The van der Waals surface area contributed by atoms with Gasteiger partial charge in [0.1, 0.15) is 6.04 Å². The summed E-state index contributed by atoms with van der Waals surface area (Å²) in [6.45, 7) is 5.18. The van der Waals surface area contributed by atoms with E-state index in [-0.39, 0.29) is 36.4 Å². The van der Waals surface area contributed by atoms with Gasteiger partial charge in [-0.1, -0.05) is 13.8 Å². The van der Waals surface area contributed by atoms with Crippen molar-refractivity contribution < 1.29 is 14.7 Å². The third-order valence-corrected chi connectivity index (χ3v) is 4.75. The van der Waals surface area contributed by atoms with E-state index in [9.17, 15) is 14.7 Å². The van der Waals surface area contributed by atoms with Gasteiger partial charge in [-0.25, -0.2) is 0 Å². The summed E-state index contributed by atoms with van der Waals surface area (Å²) < 4.78 is 0. The van der Waals surface area contributed by atoms with Gasteiger partial charge in [0.05, 0.1) is 6.61 Å². The summed E-state index contributed by atoms with van der Waals surface area (Å²) in [5, 5.41) is 9.27. The molecule has 0 spiro atoms. The lowest BCUT2D eigenvalue weighted by molar-refractivity contribution is -0.146. The molecule has 5 nitrogen and oxygen atoms in total. The van der Waals surface area contributed by atoms with E-state index in [4.69, 9.17) is 0 Å². The van der Waals surface area contributed by atoms with Gasteiger partial charge in [0, 0.05) is 25.0 Å². The fourth-order valence-corrected chi connectivity index (χ4v) is 3.35. The fraction of sp³-hybridized carbons (Fsp3) is 0.875. The lowest BCUT2D eigenvalue weighted by atomic mass is 10.1. The molecule has 2 fully saturated rings. The molecule has 0 aromatic heterocycles. The molecule has 1 unspecified atom stereocenters. The maximum atomic E-state index is 12.9. The number of aliphatic hydroxyl groups is 1. The van der Waals surface area contributed by atoms with E-state index in [0.717, 1.165) is 38.5 Å². The second-order valence-electron chi connectivity index (χ2n) is 6.19. The van der Waals surface area contributed by atoms with E-state index < -0.39 is 0 Å². The number of rotatable bonds is 7. The lowest BCUT2D eigenvalue weighted by Gasteiger charge is -2.35. The van der Waals surface area contributed by atoms with Crippen molar-refractivity contribution in [2.75, 3.05) is 19.7 Å². The SMILES string of the molecule is CCC(CC)N(CCO)C(=O)C1CCCN1C(=O)C1CC1. The van der Waals surface area contributed by atoms with E-state index in [1.54, 1.807) is 9.80 Å². The first-order valence-corrected chi connectivity index (χ1v) is 8.35. The van der Waals surface area contributed by atoms with Crippen LogP contribution in [-0.4, -0.2) is 58.5 Å². The third kappa shape index (κ3) is 3.57. The molecule has 1 aliphatic carbocycles. The molecule has 2 amide bonds. The van der Waals surface area contributed by atoms with Crippen LogP contribution in [0, 0.1) is 5.92 Å². The molecule has 0 aromatic rings. The first kappa shape index (κ1) is 16.3. The molecule has 0 bridgehead atoms. The molecule has 1 aliphatic heterocycles. The van der Waals surface area contributed by atoms with Crippen molar-refractivity contribution in [3.8, 4) is 0 Å². The zero-order valence-electron chi connectivity index (χ0n) is 13.3. The molecule has 1 heterocycles. The monoisotopic (exact) mass is 296 g/mol. The highest BCUT2D eigenvalue weighted by molar-refractivity contribution is 5.90. The number of nitrogens with zero attached hydrogens (tertiary/aromatic N) is 2. The van der Waals surface area contributed by atoms with Crippen LogP contribution in [0.1, 0.15) is 52.4 Å². The fourth-order valence-electron chi connectivity index (χ4n) is 3.35. The standard InChI is InChI=1S/C16H28N2O3/c1-3-13(4-2)17(10-11-19)16(21)14-6-5-9-18(14)15(20)12-7-8-12/h12-14,19H,3-11H2,1-2H3. The van der Waals surface area contributed by atoms with Crippen LogP contribution < -0.4 is 0 Å². The van der Waals surface area contributed by atoms with Gasteiger partial charge >= 0.3 is 0 Å². The smallest absolute Gasteiger partial charge is 0.245 e. The number of carbonyl (C=O) groups excluding carboxylic acids is 2. The molecule has 0 radical (unpaired) electrons.